The SMILES string of the molecule is CCC(COCCC(=O)O[C@H](/C=C/[C@@H]1[C@@H](C/C=C\CCCC(=O)OC(C)C)[C@@H](O)C[C@H]1O)COc1cccc(C(F)(F)F)c1)O[N+](=O)[O-]. The van der Waals surface area contributed by atoms with Crippen molar-refractivity contribution < 1.29 is 61.8 Å². The van der Waals surface area contributed by atoms with Crippen LogP contribution in [0, 0.1) is 22.0 Å². The van der Waals surface area contributed by atoms with E-state index >= 15 is 0 Å². The summed E-state index contributed by atoms with van der Waals surface area (Å²) in [6.07, 6.45) is 0.559. The van der Waals surface area contributed by atoms with Gasteiger partial charge in [0.25, 0.3) is 5.09 Å². The lowest BCUT2D eigenvalue weighted by Crippen LogP contribution is -2.26. The number of esters is 2. The minimum Gasteiger partial charge on any atom is -0.489 e. The lowest BCUT2D eigenvalue weighted by atomic mass is 9.89. The number of benzene rings is 1. The highest BCUT2D eigenvalue weighted by atomic mass is 19.4. The van der Waals surface area contributed by atoms with E-state index in [9.17, 15) is 43.1 Å². The first-order valence-electron chi connectivity index (χ1n) is 16.0. The molecule has 0 aromatic heterocycles. The number of nitrogens with zero attached hydrogens (tertiary/aromatic N) is 1. The Labute approximate surface area is 277 Å². The van der Waals surface area contributed by atoms with Gasteiger partial charge in [-0.2, -0.15) is 13.2 Å². The van der Waals surface area contributed by atoms with Crippen molar-refractivity contribution in [1.29, 1.82) is 0 Å². The number of aliphatic hydroxyl groups is 2. The van der Waals surface area contributed by atoms with Gasteiger partial charge in [0.2, 0.25) is 0 Å². The van der Waals surface area contributed by atoms with Crippen molar-refractivity contribution in [3.8, 4) is 5.75 Å². The number of carbonyl (C=O) groups is 2. The van der Waals surface area contributed by atoms with E-state index in [1.54, 1.807) is 26.8 Å². The second kappa shape index (κ2) is 20.6. The van der Waals surface area contributed by atoms with Crippen LogP contribution in [-0.2, 0) is 34.8 Å². The van der Waals surface area contributed by atoms with Crippen molar-refractivity contribution in [3.63, 3.8) is 0 Å². The third kappa shape index (κ3) is 15.5. The Kier molecular flexibility index (Phi) is 17.4. The van der Waals surface area contributed by atoms with Crippen LogP contribution in [0.4, 0.5) is 13.2 Å². The highest BCUT2D eigenvalue weighted by Gasteiger charge is 2.39. The fourth-order valence-electron chi connectivity index (χ4n) is 5.03. The molecule has 1 aliphatic rings. The topological polar surface area (TPSA) is 164 Å². The first-order chi connectivity index (χ1) is 22.7. The fraction of sp³-hybridized carbons (Fsp3) is 0.636. The standard InChI is InChI=1S/C33H46F3NO11/c1-4-24(48-37(42)43)20-44-17-16-32(41)47-26(21-45-25-11-9-10-23(18-25)33(34,35)36)14-15-28-27(29(38)19-30(28)39)12-7-5-6-8-13-31(40)46-22(2)3/h5,7,9-11,14-15,18,22,24,26-30,38-39H,4,6,8,12-13,16-17,19-21H2,1-3H3/b7-5-,15-14+/t24?,26-,27-,28-,29+,30-/m1/s1. The molecule has 0 saturated heterocycles. The van der Waals surface area contributed by atoms with E-state index in [1.165, 1.54) is 18.2 Å². The monoisotopic (exact) mass is 689 g/mol. The van der Waals surface area contributed by atoms with Gasteiger partial charge in [-0.15, -0.1) is 10.1 Å². The summed E-state index contributed by atoms with van der Waals surface area (Å²) in [6, 6.07) is 4.23. The zero-order valence-corrected chi connectivity index (χ0v) is 27.4. The van der Waals surface area contributed by atoms with Gasteiger partial charge < -0.3 is 34.0 Å². The zero-order valence-electron chi connectivity index (χ0n) is 27.4. The van der Waals surface area contributed by atoms with Gasteiger partial charge >= 0.3 is 18.1 Å². The number of unbranched alkanes of at least 4 members (excludes halogenated alkanes) is 1. The molecule has 0 amide bonds. The van der Waals surface area contributed by atoms with Gasteiger partial charge in [-0.1, -0.05) is 31.2 Å². The summed E-state index contributed by atoms with van der Waals surface area (Å²) in [5.41, 5.74) is -0.915. The molecule has 0 radical (unpaired) electrons. The van der Waals surface area contributed by atoms with Crippen molar-refractivity contribution in [2.24, 2.45) is 11.8 Å². The van der Waals surface area contributed by atoms with Crippen LogP contribution in [-0.4, -0.2) is 77.6 Å². The van der Waals surface area contributed by atoms with Crippen LogP contribution in [0.15, 0.2) is 48.6 Å². The summed E-state index contributed by atoms with van der Waals surface area (Å²) in [5, 5.41) is 30.9. The molecule has 1 unspecified atom stereocenters. The van der Waals surface area contributed by atoms with Crippen LogP contribution in [0.2, 0.25) is 0 Å². The molecule has 1 aliphatic carbocycles. The van der Waals surface area contributed by atoms with Gasteiger partial charge in [-0.3, -0.25) is 9.59 Å². The van der Waals surface area contributed by atoms with E-state index in [0.29, 0.717) is 25.7 Å². The highest BCUT2D eigenvalue weighted by Crippen LogP contribution is 2.36. The molecular weight excluding hydrogens is 643 g/mol. The predicted octanol–water partition coefficient (Wildman–Crippen LogP) is 5.37. The first kappa shape index (κ1) is 40.5. The third-order valence-corrected chi connectivity index (χ3v) is 7.46. The lowest BCUT2D eigenvalue weighted by molar-refractivity contribution is -0.769. The fourth-order valence-corrected chi connectivity index (χ4v) is 5.03. The number of hydrogen-bond donors (Lipinski definition) is 2. The van der Waals surface area contributed by atoms with E-state index in [-0.39, 0.29) is 62.8 Å². The first-order valence-corrected chi connectivity index (χ1v) is 16.0. The van der Waals surface area contributed by atoms with Crippen molar-refractivity contribution >= 4 is 11.9 Å². The van der Waals surface area contributed by atoms with Crippen LogP contribution in [0.1, 0.15) is 71.3 Å². The summed E-state index contributed by atoms with van der Waals surface area (Å²) in [4.78, 5) is 39.3. The summed E-state index contributed by atoms with van der Waals surface area (Å²) >= 11 is 0. The van der Waals surface area contributed by atoms with Crippen LogP contribution in [0.3, 0.4) is 0 Å². The Morgan fingerprint density at radius 3 is 2.48 bits per heavy atom. The maximum atomic E-state index is 13.2. The molecule has 270 valence electrons. The maximum Gasteiger partial charge on any atom is 0.416 e. The molecule has 1 aromatic carbocycles. The summed E-state index contributed by atoms with van der Waals surface area (Å²) in [6.45, 7) is 4.60. The maximum absolute atomic E-state index is 13.2. The summed E-state index contributed by atoms with van der Waals surface area (Å²) in [7, 11) is 0. The number of hydrogen-bond acceptors (Lipinski definition) is 11. The molecule has 0 aliphatic heterocycles. The molecular formula is C33H46F3NO11. The average Bonchev–Trinajstić information content (AvgIpc) is 3.27. The van der Waals surface area contributed by atoms with Crippen LogP contribution in [0.25, 0.3) is 0 Å². The van der Waals surface area contributed by atoms with E-state index in [2.05, 4.69) is 4.84 Å². The summed E-state index contributed by atoms with van der Waals surface area (Å²) in [5.74, 6) is -2.01. The number of carbonyl (C=O) groups excluding carboxylic acids is 2. The molecule has 12 nitrogen and oxygen atoms in total. The Bertz CT molecular complexity index is 1210. The number of aliphatic hydroxyl groups excluding tert-OH is 2. The van der Waals surface area contributed by atoms with Gasteiger partial charge in [0.15, 0.2) is 6.10 Å². The number of alkyl halides is 3. The summed E-state index contributed by atoms with van der Waals surface area (Å²) < 4.78 is 61.0. The van der Waals surface area contributed by atoms with Crippen molar-refractivity contribution in [2.75, 3.05) is 19.8 Å². The Hall–Kier alpha value is -3.69. The van der Waals surface area contributed by atoms with Crippen LogP contribution < -0.4 is 4.74 Å². The largest absolute Gasteiger partial charge is 0.489 e. The second-order valence-electron chi connectivity index (χ2n) is 11.7. The van der Waals surface area contributed by atoms with Crippen molar-refractivity contribution in [3.05, 3.63) is 64.2 Å². The average molecular weight is 690 g/mol. The second-order valence-corrected chi connectivity index (χ2v) is 11.7. The Morgan fingerprint density at radius 1 is 1.08 bits per heavy atom. The van der Waals surface area contributed by atoms with Gasteiger partial charge in [0, 0.05) is 18.8 Å². The molecule has 0 spiro atoms. The lowest BCUT2D eigenvalue weighted by Gasteiger charge is -2.21. The van der Waals surface area contributed by atoms with E-state index < -0.39 is 53.1 Å². The molecule has 2 N–H and O–H groups in total. The molecule has 0 heterocycles. The minimum atomic E-state index is -4.59. The molecule has 1 saturated carbocycles. The van der Waals surface area contributed by atoms with Gasteiger partial charge in [0.1, 0.15) is 18.5 Å². The third-order valence-electron chi connectivity index (χ3n) is 7.46. The van der Waals surface area contributed by atoms with Gasteiger partial charge in [-0.05, 0) is 69.7 Å². The normalized spacial score (nSPS) is 21.0. The molecule has 1 fully saturated rings. The Morgan fingerprint density at radius 2 is 1.81 bits per heavy atom. The molecule has 2 rings (SSSR count). The number of rotatable bonds is 21. The van der Waals surface area contributed by atoms with E-state index in [4.69, 9.17) is 18.9 Å². The van der Waals surface area contributed by atoms with Crippen LogP contribution in [0.5, 0.6) is 5.75 Å². The highest BCUT2D eigenvalue weighted by molar-refractivity contribution is 5.70. The van der Waals surface area contributed by atoms with Crippen LogP contribution >= 0.6 is 0 Å². The molecule has 0 bridgehead atoms. The molecule has 15 heteroatoms. The number of ether oxygens (including phenoxy) is 4. The molecule has 1 aromatic rings. The molecule has 48 heavy (non-hydrogen) atoms. The predicted molar refractivity (Wildman–Crippen MR) is 166 cm³/mol. The smallest absolute Gasteiger partial charge is 0.416 e. The van der Waals surface area contributed by atoms with Gasteiger partial charge in [0.05, 0.1) is 43.5 Å². The number of halogens is 3. The minimum absolute atomic E-state index is 0.101. The molecule has 6 atom stereocenters. The zero-order chi connectivity index (χ0) is 35.7. The van der Waals surface area contributed by atoms with E-state index in [1.807, 2.05) is 12.2 Å². The van der Waals surface area contributed by atoms with E-state index in [0.717, 1.165) is 12.1 Å². The van der Waals surface area contributed by atoms with Crippen molar-refractivity contribution in [2.45, 2.75) is 102 Å². The quantitative estimate of drug-likeness (QED) is 0.0561. The van der Waals surface area contributed by atoms with Crippen molar-refractivity contribution in [1.82, 2.24) is 0 Å². The van der Waals surface area contributed by atoms with Gasteiger partial charge in [-0.25, -0.2) is 0 Å². The number of allylic oxidation sites excluding steroid dienone is 2. The Balaban J connectivity index is 2.06.